The second-order valence-electron chi connectivity index (χ2n) is 15.5. The second kappa shape index (κ2) is 14.2. The summed E-state index contributed by atoms with van der Waals surface area (Å²) in [7, 11) is -2.66. The van der Waals surface area contributed by atoms with Crippen molar-refractivity contribution >= 4 is 50.3 Å². The van der Waals surface area contributed by atoms with Crippen LogP contribution in [0.3, 0.4) is 0 Å². The minimum Gasteiger partial charge on any atom is -0.497 e. The molecule has 3 aliphatic rings. The number of nitrogens with one attached hydrogen (secondary N) is 1. The van der Waals surface area contributed by atoms with E-state index in [4.69, 9.17) is 28.4 Å². The molecule has 2 amide bonds. The minimum absolute atomic E-state index is 0.00664. The summed E-state index contributed by atoms with van der Waals surface area (Å²) in [6.45, 7) is 15.0. The maximum atomic E-state index is 14.2. The van der Waals surface area contributed by atoms with E-state index in [1.807, 2.05) is 18.4 Å². The van der Waals surface area contributed by atoms with E-state index in [0.29, 0.717) is 58.8 Å². The molecule has 53 heavy (non-hydrogen) atoms. The number of thiazole rings is 1. The van der Waals surface area contributed by atoms with E-state index in [0.717, 1.165) is 5.69 Å². The van der Waals surface area contributed by atoms with Gasteiger partial charge in [-0.3, -0.25) is 9.69 Å². The predicted molar refractivity (Wildman–Crippen MR) is 200 cm³/mol. The molecule has 2 saturated carbocycles. The zero-order chi connectivity index (χ0) is 38.5. The molecule has 0 bridgehead atoms. The number of amides is 2. The SMILES string of the molecule is C=C[C@@H]1C[C@]1(NC(=O)[C@@H]1C[C@@H](Oc2cc(-c3nc(C(C)C)cs3)nc3cc(OC)ccc23)CN1C(=O)OC(C)(C)C)C(=O)OS(=O)(=O)C1(CCC)CC1. The summed E-state index contributed by atoms with van der Waals surface area (Å²) in [5.41, 5.74) is -0.346. The van der Waals surface area contributed by atoms with E-state index in [1.165, 1.54) is 22.3 Å². The Bertz CT molecular complexity index is 2040. The van der Waals surface area contributed by atoms with Crippen molar-refractivity contribution in [1.29, 1.82) is 0 Å². The van der Waals surface area contributed by atoms with Crippen LogP contribution in [-0.4, -0.2) is 82.9 Å². The topological polar surface area (TPSA) is 163 Å². The number of hydrogen-bond acceptors (Lipinski definition) is 12. The Morgan fingerprint density at radius 3 is 2.49 bits per heavy atom. The lowest BCUT2D eigenvalue weighted by Gasteiger charge is -2.29. The van der Waals surface area contributed by atoms with Crippen LogP contribution in [0.1, 0.15) is 91.7 Å². The van der Waals surface area contributed by atoms with Crippen molar-refractivity contribution in [2.75, 3.05) is 13.7 Å². The number of rotatable bonds is 13. The quantitative estimate of drug-likeness (QED) is 0.149. The number of benzene rings is 1. The fraction of sp³-hybridized carbons (Fsp3) is 0.553. The molecule has 1 N–H and O–H groups in total. The van der Waals surface area contributed by atoms with Crippen LogP contribution in [0.15, 0.2) is 42.3 Å². The molecule has 1 aliphatic heterocycles. The number of aromatic nitrogens is 2. The molecule has 13 nitrogen and oxygen atoms in total. The second-order valence-corrected chi connectivity index (χ2v) is 18.3. The first-order valence-corrected chi connectivity index (χ1v) is 20.3. The Balaban J connectivity index is 1.29. The third kappa shape index (κ3) is 7.73. The summed E-state index contributed by atoms with van der Waals surface area (Å²) in [5.74, 6) is -0.954. The number of nitrogens with zero attached hydrogens (tertiary/aromatic N) is 3. The van der Waals surface area contributed by atoms with Gasteiger partial charge >= 0.3 is 22.2 Å². The molecule has 15 heteroatoms. The Kier molecular flexibility index (Phi) is 10.3. The molecule has 1 aromatic carbocycles. The highest BCUT2D eigenvalue weighted by atomic mass is 32.2. The number of methoxy groups -OCH3 is 1. The standard InChI is InChI=1S/C38H48N4O9S2/c1-9-13-37(14-15-37)53(46,47)51-34(44)38(19-23(38)10-2)41-32(43)30-17-25(20-42(30)35(45)50-36(5,6)7)49-31-18-28(33-40-29(21-52-33)22(3)4)39-27-16-24(48-8)11-12-26(27)31/h10-12,16,18,21-23,25,30H,2,9,13-15,17,19-20H2,1,3-8H3,(H,41,43)/t23-,25-,30+,38-/m1/s1. The molecule has 0 unspecified atom stereocenters. The summed E-state index contributed by atoms with van der Waals surface area (Å²) in [5, 5.41) is 6.17. The van der Waals surface area contributed by atoms with Crippen molar-refractivity contribution in [2.45, 2.75) is 114 Å². The highest BCUT2D eigenvalue weighted by Crippen LogP contribution is 2.51. The number of likely N-dealkylation sites (tertiary alicyclic amines) is 1. The number of fused-ring (bicyclic) bond motifs is 1. The Labute approximate surface area is 314 Å². The molecular weight excluding hydrogens is 721 g/mol. The molecule has 3 fully saturated rings. The summed E-state index contributed by atoms with van der Waals surface area (Å²) < 4.78 is 48.3. The largest absolute Gasteiger partial charge is 0.497 e. The van der Waals surface area contributed by atoms with Crippen molar-refractivity contribution in [3.8, 4) is 22.2 Å². The molecule has 2 aromatic heterocycles. The van der Waals surface area contributed by atoms with Crippen LogP contribution in [-0.2, 0) is 28.6 Å². The number of hydrogen-bond donors (Lipinski definition) is 1. The molecule has 6 rings (SSSR count). The van der Waals surface area contributed by atoms with Gasteiger partial charge in [-0.1, -0.05) is 33.3 Å². The molecule has 0 spiro atoms. The lowest BCUT2D eigenvalue weighted by atomic mass is 10.1. The van der Waals surface area contributed by atoms with Gasteiger partial charge in [-0.05, 0) is 64.5 Å². The molecule has 1 saturated heterocycles. The summed E-state index contributed by atoms with van der Waals surface area (Å²) in [6.07, 6.45) is 2.08. The van der Waals surface area contributed by atoms with Crippen molar-refractivity contribution in [3.05, 3.63) is 48.0 Å². The molecule has 286 valence electrons. The maximum Gasteiger partial charge on any atom is 0.411 e. The number of ether oxygens (including phenoxy) is 3. The molecular formula is C38H48N4O9S2. The summed E-state index contributed by atoms with van der Waals surface area (Å²) in [6, 6.07) is 6.13. The fourth-order valence-electron chi connectivity index (χ4n) is 6.80. The number of carbonyl (C=O) groups is 3. The average Bonchev–Trinajstić information content (AvgIpc) is 3.90. The van der Waals surface area contributed by atoms with E-state index in [2.05, 4.69) is 25.7 Å². The predicted octanol–water partition coefficient (Wildman–Crippen LogP) is 6.51. The lowest BCUT2D eigenvalue weighted by molar-refractivity contribution is -0.141. The van der Waals surface area contributed by atoms with Gasteiger partial charge in [0.05, 0.1) is 24.9 Å². The van der Waals surface area contributed by atoms with Gasteiger partial charge in [-0.25, -0.2) is 19.6 Å². The Morgan fingerprint density at radius 1 is 1.17 bits per heavy atom. The van der Waals surface area contributed by atoms with Gasteiger partial charge < -0.3 is 23.7 Å². The van der Waals surface area contributed by atoms with E-state index >= 15 is 0 Å². The molecule has 3 heterocycles. The molecule has 3 aromatic rings. The molecule has 2 aliphatic carbocycles. The van der Waals surface area contributed by atoms with Crippen molar-refractivity contribution in [3.63, 3.8) is 0 Å². The fourth-order valence-corrected chi connectivity index (χ4v) is 9.32. The molecule has 4 atom stereocenters. The minimum atomic E-state index is -4.23. The third-order valence-corrected chi connectivity index (χ3v) is 13.0. The zero-order valence-corrected chi connectivity index (χ0v) is 32.9. The highest BCUT2D eigenvalue weighted by molar-refractivity contribution is 7.88. The van der Waals surface area contributed by atoms with Gasteiger partial charge in [0.15, 0.2) is 0 Å². The first kappa shape index (κ1) is 38.5. The summed E-state index contributed by atoms with van der Waals surface area (Å²) in [4.78, 5) is 52.3. The van der Waals surface area contributed by atoms with Gasteiger partial charge in [0.2, 0.25) is 5.91 Å². The van der Waals surface area contributed by atoms with Crippen molar-refractivity contribution < 1.29 is 41.2 Å². The van der Waals surface area contributed by atoms with Crippen LogP contribution in [0.4, 0.5) is 4.79 Å². The van der Waals surface area contributed by atoms with Gasteiger partial charge in [0.1, 0.15) is 50.2 Å². The lowest BCUT2D eigenvalue weighted by Crippen LogP contribution is -2.54. The van der Waals surface area contributed by atoms with Crippen LogP contribution in [0.5, 0.6) is 11.5 Å². The van der Waals surface area contributed by atoms with Crippen molar-refractivity contribution in [2.24, 2.45) is 5.92 Å². The number of carbonyl (C=O) groups excluding carboxylic acids is 3. The number of pyridine rings is 1. The van der Waals surface area contributed by atoms with Crippen LogP contribution in [0.25, 0.3) is 21.6 Å². The van der Waals surface area contributed by atoms with Crippen LogP contribution >= 0.6 is 11.3 Å². The third-order valence-electron chi connectivity index (χ3n) is 10.0. The average molecular weight is 769 g/mol. The zero-order valence-electron chi connectivity index (χ0n) is 31.3. The Morgan fingerprint density at radius 2 is 1.91 bits per heavy atom. The smallest absolute Gasteiger partial charge is 0.411 e. The van der Waals surface area contributed by atoms with E-state index < -0.39 is 62.0 Å². The van der Waals surface area contributed by atoms with Gasteiger partial charge in [-0.2, -0.15) is 8.42 Å². The van der Waals surface area contributed by atoms with Gasteiger partial charge in [-0.15, -0.1) is 17.9 Å². The van der Waals surface area contributed by atoms with Gasteiger partial charge in [0, 0.05) is 35.2 Å². The first-order chi connectivity index (χ1) is 24.9. The van der Waals surface area contributed by atoms with Crippen LogP contribution < -0.4 is 14.8 Å². The maximum absolute atomic E-state index is 14.2. The van der Waals surface area contributed by atoms with Crippen molar-refractivity contribution in [1.82, 2.24) is 20.2 Å². The summed E-state index contributed by atoms with van der Waals surface area (Å²) >= 11 is 1.48. The molecule has 0 radical (unpaired) electrons. The Hall–Kier alpha value is -4.24. The van der Waals surface area contributed by atoms with E-state index in [9.17, 15) is 22.8 Å². The monoisotopic (exact) mass is 768 g/mol. The van der Waals surface area contributed by atoms with E-state index in [-0.39, 0.29) is 25.3 Å². The highest BCUT2D eigenvalue weighted by Gasteiger charge is 2.65. The van der Waals surface area contributed by atoms with Crippen LogP contribution in [0, 0.1) is 5.92 Å². The normalized spacial score (nSPS) is 23.4. The van der Waals surface area contributed by atoms with Gasteiger partial charge in [0.25, 0.3) is 0 Å². The first-order valence-electron chi connectivity index (χ1n) is 18.0. The van der Waals surface area contributed by atoms with Crippen LogP contribution in [0.2, 0.25) is 0 Å². The van der Waals surface area contributed by atoms with E-state index in [1.54, 1.807) is 46.1 Å².